The van der Waals surface area contributed by atoms with Crippen molar-refractivity contribution >= 4 is 44.9 Å². The number of amides is 1. The van der Waals surface area contributed by atoms with Gasteiger partial charge in [0.05, 0.1) is 5.69 Å². The smallest absolute Gasteiger partial charge is 0.255 e. The highest BCUT2D eigenvalue weighted by molar-refractivity contribution is 9.10. The summed E-state index contributed by atoms with van der Waals surface area (Å²) in [6.45, 7) is 0. The summed E-state index contributed by atoms with van der Waals surface area (Å²) in [6.07, 6.45) is 1.58. The Bertz CT molecular complexity index is 619. The molecule has 98 valence electrons. The van der Waals surface area contributed by atoms with Crippen LogP contribution in [0.5, 0.6) is 0 Å². The van der Waals surface area contributed by atoms with Crippen LogP contribution in [0.15, 0.2) is 41.0 Å². The standard InChI is InChI=1S/C13H11BrClN3O/c1-16-12-6-8(4-5-17-12)13(19)18-11-7-9(15)2-3-10(11)14/h2-7H,1H3,(H,16,17)(H,18,19). The number of nitrogens with zero attached hydrogens (tertiary/aromatic N) is 1. The van der Waals surface area contributed by atoms with Gasteiger partial charge in [0, 0.05) is 28.3 Å². The van der Waals surface area contributed by atoms with Gasteiger partial charge in [-0.2, -0.15) is 0 Å². The van der Waals surface area contributed by atoms with Gasteiger partial charge in [-0.05, 0) is 46.3 Å². The van der Waals surface area contributed by atoms with Crippen LogP contribution in [0, 0.1) is 0 Å². The Kier molecular flexibility index (Phi) is 4.39. The van der Waals surface area contributed by atoms with Crippen LogP contribution in [0.25, 0.3) is 0 Å². The molecule has 1 heterocycles. The number of carbonyl (C=O) groups excluding carboxylic acids is 1. The average Bonchev–Trinajstić information content (AvgIpc) is 2.43. The van der Waals surface area contributed by atoms with Crippen LogP contribution in [-0.4, -0.2) is 17.9 Å². The molecule has 0 bridgehead atoms. The second-order valence-corrected chi connectivity index (χ2v) is 5.05. The topological polar surface area (TPSA) is 54.0 Å². The van der Waals surface area contributed by atoms with E-state index in [1.54, 1.807) is 43.6 Å². The molecule has 6 heteroatoms. The Labute approximate surface area is 124 Å². The van der Waals surface area contributed by atoms with E-state index >= 15 is 0 Å². The molecule has 2 N–H and O–H groups in total. The van der Waals surface area contributed by atoms with E-state index < -0.39 is 0 Å². The fourth-order valence-corrected chi connectivity index (χ4v) is 2.01. The Balaban J connectivity index is 2.22. The first-order valence-electron chi connectivity index (χ1n) is 5.50. The van der Waals surface area contributed by atoms with E-state index in [1.807, 2.05) is 0 Å². The van der Waals surface area contributed by atoms with Gasteiger partial charge in [0.1, 0.15) is 5.82 Å². The molecule has 0 saturated heterocycles. The van der Waals surface area contributed by atoms with Gasteiger partial charge >= 0.3 is 0 Å². The molecule has 1 amide bonds. The number of aromatic nitrogens is 1. The molecule has 0 aliphatic rings. The summed E-state index contributed by atoms with van der Waals surface area (Å²) in [7, 11) is 1.75. The van der Waals surface area contributed by atoms with Crippen LogP contribution in [0.3, 0.4) is 0 Å². The van der Waals surface area contributed by atoms with E-state index in [0.29, 0.717) is 22.1 Å². The van der Waals surface area contributed by atoms with Crippen molar-refractivity contribution in [2.75, 3.05) is 17.7 Å². The van der Waals surface area contributed by atoms with Gasteiger partial charge < -0.3 is 10.6 Å². The molecule has 2 aromatic rings. The average molecular weight is 341 g/mol. The summed E-state index contributed by atoms with van der Waals surface area (Å²) in [5.74, 6) is 0.416. The summed E-state index contributed by atoms with van der Waals surface area (Å²) in [4.78, 5) is 16.2. The molecular weight excluding hydrogens is 330 g/mol. The Morgan fingerprint density at radius 2 is 2.11 bits per heavy atom. The lowest BCUT2D eigenvalue weighted by atomic mass is 10.2. The van der Waals surface area contributed by atoms with Gasteiger partial charge in [-0.15, -0.1) is 0 Å². The van der Waals surface area contributed by atoms with Crippen LogP contribution in [-0.2, 0) is 0 Å². The van der Waals surface area contributed by atoms with E-state index in [4.69, 9.17) is 11.6 Å². The largest absolute Gasteiger partial charge is 0.373 e. The minimum atomic E-state index is -0.220. The lowest BCUT2D eigenvalue weighted by molar-refractivity contribution is 0.102. The van der Waals surface area contributed by atoms with E-state index in [1.165, 1.54) is 0 Å². The minimum absolute atomic E-state index is 0.220. The summed E-state index contributed by atoms with van der Waals surface area (Å²) in [6, 6.07) is 8.53. The monoisotopic (exact) mass is 339 g/mol. The lowest BCUT2D eigenvalue weighted by Crippen LogP contribution is -2.12. The van der Waals surface area contributed by atoms with E-state index in [0.717, 1.165) is 4.47 Å². The van der Waals surface area contributed by atoms with Crippen molar-refractivity contribution < 1.29 is 4.79 Å². The molecule has 0 radical (unpaired) electrons. The second-order valence-electron chi connectivity index (χ2n) is 3.76. The molecule has 2 rings (SSSR count). The zero-order valence-corrected chi connectivity index (χ0v) is 12.4. The molecular formula is C13H11BrClN3O. The van der Waals surface area contributed by atoms with Crippen molar-refractivity contribution in [2.45, 2.75) is 0 Å². The summed E-state index contributed by atoms with van der Waals surface area (Å²) < 4.78 is 0.771. The maximum absolute atomic E-state index is 12.1. The molecule has 0 aliphatic carbocycles. The number of rotatable bonds is 3. The fraction of sp³-hybridized carbons (Fsp3) is 0.0769. The van der Waals surface area contributed by atoms with Crippen molar-refractivity contribution in [3.05, 3.63) is 51.6 Å². The van der Waals surface area contributed by atoms with Crippen molar-refractivity contribution in [3.63, 3.8) is 0 Å². The zero-order chi connectivity index (χ0) is 13.8. The van der Waals surface area contributed by atoms with E-state index in [9.17, 15) is 4.79 Å². The quantitative estimate of drug-likeness (QED) is 0.894. The molecule has 0 unspecified atom stereocenters. The number of anilines is 2. The van der Waals surface area contributed by atoms with E-state index in [2.05, 4.69) is 31.5 Å². The normalized spacial score (nSPS) is 10.1. The number of halogens is 2. The SMILES string of the molecule is CNc1cc(C(=O)Nc2cc(Cl)ccc2Br)ccn1. The van der Waals surface area contributed by atoms with Crippen LogP contribution in [0.2, 0.25) is 5.02 Å². The first-order chi connectivity index (χ1) is 9.10. The van der Waals surface area contributed by atoms with Crippen LogP contribution >= 0.6 is 27.5 Å². The Morgan fingerprint density at radius 3 is 2.84 bits per heavy atom. The molecule has 4 nitrogen and oxygen atoms in total. The van der Waals surface area contributed by atoms with Gasteiger partial charge in [-0.3, -0.25) is 4.79 Å². The summed E-state index contributed by atoms with van der Waals surface area (Å²) in [5, 5.41) is 6.24. The highest BCUT2D eigenvalue weighted by Crippen LogP contribution is 2.26. The molecule has 19 heavy (non-hydrogen) atoms. The summed E-state index contributed by atoms with van der Waals surface area (Å²) in [5.41, 5.74) is 1.14. The third kappa shape index (κ3) is 3.45. The molecule has 1 aromatic heterocycles. The van der Waals surface area contributed by atoms with Gasteiger partial charge in [0.25, 0.3) is 5.91 Å². The maximum atomic E-state index is 12.1. The van der Waals surface area contributed by atoms with Crippen molar-refractivity contribution in [1.82, 2.24) is 4.98 Å². The number of hydrogen-bond acceptors (Lipinski definition) is 3. The number of benzene rings is 1. The summed E-state index contributed by atoms with van der Waals surface area (Å²) >= 11 is 9.26. The fourth-order valence-electron chi connectivity index (χ4n) is 1.50. The zero-order valence-electron chi connectivity index (χ0n) is 10.1. The first kappa shape index (κ1) is 13.8. The molecule has 0 saturated carbocycles. The molecule has 0 fully saturated rings. The van der Waals surface area contributed by atoms with Crippen molar-refractivity contribution in [1.29, 1.82) is 0 Å². The molecule has 0 spiro atoms. The molecule has 0 aliphatic heterocycles. The van der Waals surface area contributed by atoms with Crippen molar-refractivity contribution in [2.24, 2.45) is 0 Å². The number of hydrogen-bond donors (Lipinski definition) is 2. The van der Waals surface area contributed by atoms with Crippen LogP contribution in [0.4, 0.5) is 11.5 Å². The first-order valence-corrected chi connectivity index (χ1v) is 6.67. The predicted molar refractivity (Wildman–Crippen MR) is 80.9 cm³/mol. The van der Waals surface area contributed by atoms with Gasteiger partial charge in [0.2, 0.25) is 0 Å². The Hall–Kier alpha value is -1.59. The highest BCUT2D eigenvalue weighted by atomic mass is 79.9. The minimum Gasteiger partial charge on any atom is -0.373 e. The van der Waals surface area contributed by atoms with Crippen LogP contribution in [0.1, 0.15) is 10.4 Å². The molecule has 1 aromatic carbocycles. The van der Waals surface area contributed by atoms with Gasteiger partial charge in [0.15, 0.2) is 0 Å². The number of nitrogens with one attached hydrogen (secondary N) is 2. The molecule has 0 atom stereocenters. The maximum Gasteiger partial charge on any atom is 0.255 e. The second kappa shape index (κ2) is 6.04. The van der Waals surface area contributed by atoms with Crippen molar-refractivity contribution in [3.8, 4) is 0 Å². The van der Waals surface area contributed by atoms with Gasteiger partial charge in [-0.1, -0.05) is 11.6 Å². The Morgan fingerprint density at radius 1 is 1.32 bits per heavy atom. The highest BCUT2D eigenvalue weighted by Gasteiger charge is 2.09. The van der Waals surface area contributed by atoms with Gasteiger partial charge in [-0.25, -0.2) is 4.98 Å². The lowest BCUT2D eigenvalue weighted by Gasteiger charge is -2.08. The number of pyridine rings is 1. The third-order valence-electron chi connectivity index (χ3n) is 2.45. The third-order valence-corrected chi connectivity index (χ3v) is 3.38. The predicted octanol–water partition coefficient (Wildman–Crippen LogP) is 3.79. The number of carbonyl (C=O) groups is 1. The van der Waals surface area contributed by atoms with E-state index in [-0.39, 0.29) is 5.91 Å². The van der Waals surface area contributed by atoms with Crippen LogP contribution < -0.4 is 10.6 Å².